The monoisotopic (exact) mass is 339 g/mol. The van der Waals surface area contributed by atoms with Crippen molar-refractivity contribution in [2.24, 2.45) is 0 Å². The van der Waals surface area contributed by atoms with Crippen molar-refractivity contribution in [1.29, 1.82) is 0 Å². The van der Waals surface area contributed by atoms with Gasteiger partial charge in [0.2, 0.25) is 0 Å². The summed E-state index contributed by atoms with van der Waals surface area (Å²) in [6.07, 6.45) is 0.0947. The van der Waals surface area contributed by atoms with Crippen LogP contribution in [0, 0.1) is 10.1 Å². The van der Waals surface area contributed by atoms with Crippen molar-refractivity contribution in [2.75, 3.05) is 31.1 Å². The molecule has 2 unspecified atom stereocenters. The van der Waals surface area contributed by atoms with Crippen molar-refractivity contribution in [1.82, 2.24) is 4.90 Å². The van der Waals surface area contributed by atoms with Crippen LogP contribution < -0.4 is 4.90 Å². The van der Waals surface area contributed by atoms with Gasteiger partial charge in [0.15, 0.2) is 0 Å². The van der Waals surface area contributed by atoms with Crippen LogP contribution >= 0.6 is 0 Å². The first kappa shape index (κ1) is 16.1. The number of anilines is 1. The zero-order valence-electron chi connectivity index (χ0n) is 14.0. The molecule has 0 aliphatic carbocycles. The number of fused-ring (bicyclic) bond motifs is 1. The third-order valence-corrected chi connectivity index (χ3v) is 5.06. The third-order valence-electron chi connectivity index (χ3n) is 5.06. The highest BCUT2D eigenvalue weighted by Gasteiger charge is 2.41. The largest absolute Gasteiger partial charge is 0.373 e. The molecule has 2 heterocycles. The molecule has 2 aliphatic heterocycles. The number of nitrogens with zero attached hydrogens (tertiary/aromatic N) is 3. The molecule has 2 atom stereocenters. The van der Waals surface area contributed by atoms with Gasteiger partial charge in [-0.15, -0.1) is 0 Å². The van der Waals surface area contributed by atoms with E-state index in [9.17, 15) is 10.1 Å². The molecule has 0 N–H and O–H groups in total. The van der Waals surface area contributed by atoms with Gasteiger partial charge in [-0.1, -0.05) is 42.5 Å². The predicted octanol–water partition coefficient (Wildman–Crippen LogP) is 2.68. The van der Waals surface area contributed by atoms with Crippen LogP contribution in [0.25, 0.3) is 0 Å². The number of benzene rings is 2. The molecule has 0 bridgehead atoms. The van der Waals surface area contributed by atoms with Gasteiger partial charge in [-0.05, 0) is 11.6 Å². The Bertz CT molecular complexity index is 753. The van der Waals surface area contributed by atoms with E-state index in [0.29, 0.717) is 18.8 Å². The minimum atomic E-state index is -0.306. The van der Waals surface area contributed by atoms with Crippen molar-refractivity contribution in [3.63, 3.8) is 0 Å². The summed E-state index contributed by atoms with van der Waals surface area (Å²) in [7, 11) is 0. The topological polar surface area (TPSA) is 58.9 Å². The van der Waals surface area contributed by atoms with E-state index in [-0.39, 0.29) is 22.8 Å². The zero-order chi connectivity index (χ0) is 17.2. The Kier molecular flexibility index (Phi) is 4.38. The summed E-state index contributed by atoms with van der Waals surface area (Å²) in [5.74, 6) is 0. The summed E-state index contributed by atoms with van der Waals surface area (Å²) in [4.78, 5) is 15.6. The summed E-state index contributed by atoms with van der Waals surface area (Å²) in [5.41, 5.74) is 2.13. The van der Waals surface area contributed by atoms with E-state index in [4.69, 9.17) is 4.74 Å². The average molecular weight is 339 g/mol. The number of hydrogen-bond donors (Lipinski definition) is 0. The molecule has 6 heteroatoms. The highest BCUT2D eigenvalue weighted by Crippen LogP contribution is 2.33. The summed E-state index contributed by atoms with van der Waals surface area (Å²) < 4.78 is 5.97. The molecule has 0 amide bonds. The highest BCUT2D eigenvalue weighted by atomic mass is 16.6. The maximum absolute atomic E-state index is 11.3. The Hall–Kier alpha value is -2.44. The summed E-state index contributed by atoms with van der Waals surface area (Å²) in [5, 5.41) is 11.3. The van der Waals surface area contributed by atoms with Gasteiger partial charge in [-0.3, -0.25) is 15.0 Å². The molecule has 0 spiro atoms. The zero-order valence-corrected chi connectivity index (χ0v) is 14.0. The lowest BCUT2D eigenvalue weighted by Crippen LogP contribution is -2.50. The van der Waals surface area contributed by atoms with Crippen LogP contribution in [-0.2, 0) is 11.3 Å². The van der Waals surface area contributed by atoms with Crippen LogP contribution in [0.4, 0.5) is 11.4 Å². The van der Waals surface area contributed by atoms with Gasteiger partial charge >= 0.3 is 0 Å². The summed E-state index contributed by atoms with van der Waals surface area (Å²) in [6.45, 7) is 3.93. The number of hydrogen-bond acceptors (Lipinski definition) is 5. The summed E-state index contributed by atoms with van der Waals surface area (Å²) >= 11 is 0. The number of nitro groups is 1. The van der Waals surface area contributed by atoms with E-state index in [1.165, 1.54) is 5.56 Å². The fraction of sp³-hybridized carbons (Fsp3) is 0.368. The Morgan fingerprint density at radius 2 is 1.84 bits per heavy atom. The molecule has 0 saturated carbocycles. The van der Waals surface area contributed by atoms with E-state index in [1.54, 1.807) is 12.1 Å². The lowest BCUT2D eigenvalue weighted by molar-refractivity contribution is -0.384. The molecule has 0 aromatic heterocycles. The Balaban J connectivity index is 1.54. The van der Waals surface area contributed by atoms with Gasteiger partial charge in [0.25, 0.3) is 5.69 Å². The fourth-order valence-corrected chi connectivity index (χ4v) is 3.86. The maximum atomic E-state index is 11.3. The minimum Gasteiger partial charge on any atom is -0.373 e. The van der Waals surface area contributed by atoms with Crippen LogP contribution in [0.15, 0.2) is 54.6 Å². The van der Waals surface area contributed by atoms with E-state index in [0.717, 1.165) is 19.6 Å². The molecule has 0 radical (unpaired) electrons. The molecule has 130 valence electrons. The maximum Gasteiger partial charge on any atom is 0.292 e. The number of rotatable bonds is 4. The van der Waals surface area contributed by atoms with Gasteiger partial charge in [0.1, 0.15) is 5.69 Å². The number of para-hydroxylation sites is 2. The van der Waals surface area contributed by atoms with Crippen LogP contribution in [0.1, 0.15) is 5.56 Å². The predicted molar refractivity (Wildman–Crippen MR) is 95.7 cm³/mol. The third kappa shape index (κ3) is 3.23. The molecule has 2 fully saturated rings. The van der Waals surface area contributed by atoms with Crippen LogP contribution in [0.5, 0.6) is 0 Å². The van der Waals surface area contributed by atoms with E-state index in [2.05, 4.69) is 34.1 Å². The molecule has 6 nitrogen and oxygen atoms in total. The van der Waals surface area contributed by atoms with Gasteiger partial charge in [0, 0.05) is 32.2 Å². The Labute approximate surface area is 146 Å². The van der Waals surface area contributed by atoms with Crippen molar-refractivity contribution < 1.29 is 9.66 Å². The highest BCUT2D eigenvalue weighted by molar-refractivity contribution is 5.64. The van der Waals surface area contributed by atoms with Gasteiger partial charge in [0.05, 0.1) is 23.7 Å². The Morgan fingerprint density at radius 3 is 2.64 bits per heavy atom. The second-order valence-corrected chi connectivity index (χ2v) is 6.58. The van der Waals surface area contributed by atoms with E-state index < -0.39 is 0 Å². The van der Waals surface area contributed by atoms with Crippen molar-refractivity contribution in [2.45, 2.75) is 18.7 Å². The average Bonchev–Trinajstić information content (AvgIpc) is 3.08. The molecule has 2 aliphatic rings. The molecule has 2 aromatic carbocycles. The SMILES string of the molecule is O=[N+]([O-])c1ccccc1N1CC2OCCN(Cc3ccccc3)C2C1. The van der Waals surface area contributed by atoms with Crippen LogP contribution in [-0.4, -0.2) is 48.2 Å². The van der Waals surface area contributed by atoms with Crippen LogP contribution in [0.3, 0.4) is 0 Å². The first-order chi connectivity index (χ1) is 12.2. The smallest absolute Gasteiger partial charge is 0.292 e. The lowest BCUT2D eigenvalue weighted by Gasteiger charge is -2.36. The number of nitro benzene ring substituents is 1. The number of morpholine rings is 1. The molecule has 2 aromatic rings. The first-order valence-corrected chi connectivity index (χ1v) is 8.60. The molecule has 25 heavy (non-hydrogen) atoms. The first-order valence-electron chi connectivity index (χ1n) is 8.60. The van der Waals surface area contributed by atoms with E-state index in [1.807, 2.05) is 18.2 Å². The summed E-state index contributed by atoms with van der Waals surface area (Å²) in [6, 6.07) is 17.6. The van der Waals surface area contributed by atoms with Crippen molar-refractivity contribution in [3.05, 3.63) is 70.3 Å². The molecular formula is C19H21N3O3. The van der Waals surface area contributed by atoms with Crippen molar-refractivity contribution >= 4 is 11.4 Å². The normalized spacial score (nSPS) is 23.4. The lowest BCUT2D eigenvalue weighted by atomic mass is 10.1. The minimum absolute atomic E-state index is 0.0947. The van der Waals surface area contributed by atoms with E-state index >= 15 is 0 Å². The fourth-order valence-electron chi connectivity index (χ4n) is 3.86. The van der Waals surface area contributed by atoms with Gasteiger partial charge in [-0.25, -0.2) is 0 Å². The molecule has 4 rings (SSSR count). The van der Waals surface area contributed by atoms with Gasteiger partial charge < -0.3 is 9.64 Å². The van der Waals surface area contributed by atoms with Crippen molar-refractivity contribution in [3.8, 4) is 0 Å². The van der Waals surface area contributed by atoms with Gasteiger partial charge in [-0.2, -0.15) is 0 Å². The second-order valence-electron chi connectivity index (χ2n) is 6.58. The molecule has 2 saturated heterocycles. The number of ether oxygens (including phenoxy) is 1. The standard InChI is InChI=1S/C19H21N3O3/c23-22(24)17-9-5-4-8-16(17)21-13-18-19(14-21)25-11-10-20(18)12-15-6-2-1-3-7-15/h1-9,18-19H,10-14H2. The second kappa shape index (κ2) is 6.82. The Morgan fingerprint density at radius 1 is 1.08 bits per heavy atom. The van der Waals surface area contributed by atoms with Crippen LogP contribution in [0.2, 0.25) is 0 Å². The quantitative estimate of drug-likeness (QED) is 0.633. The molecular weight excluding hydrogens is 318 g/mol.